The van der Waals surface area contributed by atoms with E-state index in [1.165, 1.54) is 5.57 Å². The first-order valence-electron chi connectivity index (χ1n) is 15.9. The number of hydrogen-bond acceptors (Lipinski definition) is 4. The molecule has 0 spiro atoms. The third-order valence-corrected chi connectivity index (χ3v) is 9.46. The summed E-state index contributed by atoms with van der Waals surface area (Å²) >= 11 is 6.37. The Morgan fingerprint density at radius 2 is 1.91 bits per heavy atom. The highest BCUT2D eigenvalue weighted by atomic mass is 35.5. The van der Waals surface area contributed by atoms with Gasteiger partial charge in [0.25, 0.3) is 5.91 Å². The molecule has 1 saturated carbocycles. The maximum absolute atomic E-state index is 13.7. The van der Waals surface area contributed by atoms with Gasteiger partial charge in [0.15, 0.2) is 5.78 Å². The van der Waals surface area contributed by atoms with Crippen molar-refractivity contribution in [3.05, 3.63) is 64.1 Å². The molecule has 3 aromatic rings. The number of likely N-dealkylation sites (tertiary alicyclic amines) is 1. The molecule has 230 valence electrons. The Kier molecular flexibility index (Phi) is 10.1. The van der Waals surface area contributed by atoms with Crippen molar-refractivity contribution in [1.29, 1.82) is 0 Å². The molecular formula is C34H44ClN5O3. The van der Waals surface area contributed by atoms with E-state index in [2.05, 4.69) is 23.4 Å². The normalized spacial score (nSPS) is 20.7. The topological polar surface area (TPSA) is 89.2 Å². The van der Waals surface area contributed by atoms with Crippen molar-refractivity contribution in [3.8, 4) is 0 Å². The molecular weight excluding hydrogens is 562 g/mol. The summed E-state index contributed by atoms with van der Waals surface area (Å²) in [7, 11) is 0. The zero-order valence-electron chi connectivity index (χ0n) is 25.7. The second kappa shape index (κ2) is 13.9. The van der Waals surface area contributed by atoms with Crippen LogP contribution in [0.5, 0.6) is 0 Å². The fraction of sp³-hybridized carbons (Fsp3) is 0.529. The Bertz CT molecular complexity index is 1520. The first-order valence-corrected chi connectivity index (χ1v) is 16.2. The van der Waals surface area contributed by atoms with Gasteiger partial charge in [0.05, 0.1) is 23.4 Å². The molecule has 2 unspecified atom stereocenters. The van der Waals surface area contributed by atoms with Crippen LogP contribution < -0.4 is 5.32 Å². The van der Waals surface area contributed by atoms with Crippen LogP contribution in [0.25, 0.3) is 10.9 Å². The summed E-state index contributed by atoms with van der Waals surface area (Å²) < 4.78 is 3.91. The van der Waals surface area contributed by atoms with Crippen molar-refractivity contribution in [3.63, 3.8) is 0 Å². The number of rotatable bonds is 8. The highest BCUT2D eigenvalue weighted by Gasteiger charge is 2.26. The number of amides is 2. The summed E-state index contributed by atoms with van der Waals surface area (Å²) in [6.45, 7) is 7.74. The van der Waals surface area contributed by atoms with Gasteiger partial charge in [-0.2, -0.15) is 5.10 Å². The first kappa shape index (κ1) is 31.0. The van der Waals surface area contributed by atoms with Crippen LogP contribution in [0.4, 0.5) is 0 Å². The van der Waals surface area contributed by atoms with Crippen LogP contribution in [-0.4, -0.2) is 56.0 Å². The lowest BCUT2D eigenvalue weighted by atomic mass is 10.1. The van der Waals surface area contributed by atoms with Crippen LogP contribution >= 0.6 is 11.6 Å². The molecule has 8 nitrogen and oxygen atoms in total. The average Bonchev–Trinajstić information content (AvgIpc) is 3.31. The minimum atomic E-state index is -0.142. The van der Waals surface area contributed by atoms with Crippen LogP contribution in [0.15, 0.2) is 42.2 Å². The van der Waals surface area contributed by atoms with Gasteiger partial charge in [0.2, 0.25) is 5.91 Å². The van der Waals surface area contributed by atoms with Crippen molar-refractivity contribution in [1.82, 2.24) is 24.6 Å². The van der Waals surface area contributed by atoms with Crippen molar-refractivity contribution in [2.45, 2.75) is 104 Å². The molecule has 43 heavy (non-hydrogen) atoms. The molecule has 2 amide bonds. The number of fused-ring (bicyclic) bond motifs is 1. The maximum Gasteiger partial charge on any atom is 0.253 e. The molecule has 0 radical (unpaired) electrons. The van der Waals surface area contributed by atoms with E-state index >= 15 is 0 Å². The van der Waals surface area contributed by atoms with E-state index in [9.17, 15) is 14.4 Å². The Labute approximate surface area is 259 Å². The van der Waals surface area contributed by atoms with Gasteiger partial charge < -0.3 is 14.8 Å². The smallest absolute Gasteiger partial charge is 0.253 e. The van der Waals surface area contributed by atoms with E-state index in [0.717, 1.165) is 93.0 Å². The van der Waals surface area contributed by atoms with Crippen LogP contribution in [0.1, 0.15) is 111 Å². The van der Waals surface area contributed by atoms with Crippen LogP contribution in [0.3, 0.4) is 0 Å². The number of halogens is 1. The third-order valence-electron chi connectivity index (χ3n) is 9.22. The summed E-state index contributed by atoms with van der Waals surface area (Å²) in [6, 6.07) is 5.76. The summed E-state index contributed by atoms with van der Waals surface area (Å²) in [5.74, 6) is 0.0803. The lowest BCUT2D eigenvalue weighted by Crippen LogP contribution is -2.35. The number of allylic oxidation sites excluding steroid dienone is 1. The predicted octanol–water partition coefficient (Wildman–Crippen LogP) is 7.05. The molecule has 1 N–H and O–H groups in total. The molecule has 3 heterocycles. The number of Topliss-reactive ketones (excluding diaryl/α,β-unsaturated/α-hetero) is 1. The number of hydrogen-bond donors (Lipinski definition) is 1. The summed E-state index contributed by atoms with van der Waals surface area (Å²) in [6.07, 6.45) is 14.5. The quantitative estimate of drug-likeness (QED) is 0.169. The van der Waals surface area contributed by atoms with Gasteiger partial charge in [-0.25, -0.2) is 0 Å². The molecule has 9 heteroatoms. The fourth-order valence-corrected chi connectivity index (χ4v) is 6.91. The molecule has 1 aliphatic carbocycles. The molecule has 2 aliphatic rings. The van der Waals surface area contributed by atoms with Gasteiger partial charge in [0, 0.05) is 53.4 Å². The van der Waals surface area contributed by atoms with Crippen molar-refractivity contribution in [2.24, 2.45) is 0 Å². The number of benzene rings is 1. The average molecular weight is 606 g/mol. The van der Waals surface area contributed by atoms with Gasteiger partial charge in [-0.1, -0.05) is 30.2 Å². The number of carbonyl (C=O) groups is 3. The number of ketones is 1. The highest BCUT2D eigenvalue weighted by Crippen LogP contribution is 2.30. The lowest BCUT2D eigenvalue weighted by Gasteiger charge is -2.20. The molecule has 0 bridgehead atoms. The minimum Gasteiger partial charge on any atom is -0.349 e. The summed E-state index contributed by atoms with van der Waals surface area (Å²) in [4.78, 5) is 41.5. The number of nitrogens with one attached hydrogen (secondary N) is 1. The lowest BCUT2D eigenvalue weighted by molar-refractivity contribution is -0.131. The minimum absolute atomic E-state index is 0.0340. The van der Waals surface area contributed by atoms with Crippen LogP contribution in [-0.2, 0) is 11.3 Å². The zero-order valence-corrected chi connectivity index (χ0v) is 26.5. The summed E-state index contributed by atoms with van der Waals surface area (Å²) in [5.41, 5.74) is 4.44. The number of aromatic nitrogens is 3. The summed E-state index contributed by atoms with van der Waals surface area (Å²) in [5, 5.41) is 9.19. The van der Waals surface area contributed by atoms with Crippen molar-refractivity contribution >= 4 is 40.1 Å². The van der Waals surface area contributed by atoms with E-state index in [1.807, 2.05) is 46.3 Å². The molecule has 1 aliphatic heterocycles. The molecule has 2 fully saturated rings. The Morgan fingerprint density at radius 3 is 2.70 bits per heavy atom. The predicted molar refractivity (Wildman–Crippen MR) is 171 cm³/mol. The van der Waals surface area contributed by atoms with Crippen molar-refractivity contribution in [2.75, 3.05) is 13.1 Å². The van der Waals surface area contributed by atoms with Crippen molar-refractivity contribution < 1.29 is 14.4 Å². The SMILES string of the molecule is CC=C1CCCN(C(=O)Cn2cc(C(=O)NC3CCCC(n4ncc(C(=O)CCC)c4C)CC3)c3cc(Cl)ccc32)CC1. The van der Waals surface area contributed by atoms with E-state index in [1.54, 1.807) is 12.3 Å². The van der Waals surface area contributed by atoms with Gasteiger partial charge in [-0.05, 0) is 89.8 Å². The molecule has 1 saturated heterocycles. The Morgan fingerprint density at radius 1 is 1.07 bits per heavy atom. The second-order valence-electron chi connectivity index (χ2n) is 12.1. The first-order chi connectivity index (χ1) is 20.8. The van der Waals surface area contributed by atoms with Crippen LogP contribution in [0.2, 0.25) is 5.02 Å². The van der Waals surface area contributed by atoms with Gasteiger partial charge in [-0.3, -0.25) is 19.1 Å². The number of nitrogens with zero attached hydrogens (tertiary/aromatic N) is 4. The van der Waals surface area contributed by atoms with Gasteiger partial charge >= 0.3 is 0 Å². The van der Waals surface area contributed by atoms with E-state index in [4.69, 9.17) is 11.6 Å². The Hall–Kier alpha value is -3.39. The van der Waals surface area contributed by atoms with E-state index < -0.39 is 0 Å². The van der Waals surface area contributed by atoms with E-state index in [0.29, 0.717) is 17.0 Å². The van der Waals surface area contributed by atoms with Gasteiger partial charge in [0.1, 0.15) is 6.54 Å². The van der Waals surface area contributed by atoms with Crippen LogP contribution in [0, 0.1) is 6.92 Å². The second-order valence-corrected chi connectivity index (χ2v) is 12.5. The number of carbonyl (C=O) groups excluding carboxylic acids is 3. The molecule has 1 aromatic carbocycles. The molecule has 2 aromatic heterocycles. The maximum atomic E-state index is 13.7. The third kappa shape index (κ3) is 7.06. The Balaban J connectivity index is 1.27. The highest BCUT2D eigenvalue weighted by molar-refractivity contribution is 6.31. The fourth-order valence-electron chi connectivity index (χ4n) is 6.74. The molecule has 5 rings (SSSR count). The largest absolute Gasteiger partial charge is 0.349 e. The van der Waals surface area contributed by atoms with E-state index in [-0.39, 0.29) is 36.2 Å². The monoisotopic (exact) mass is 605 g/mol. The van der Waals surface area contributed by atoms with Gasteiger partial charge in [-0.15, -0.1) is 0 Å². The standard InChI is InChI=1S/C34H44ClN5O3/c1-4-8-32(41)29-20-36-40(23(29)3)27-11-6-10-26(13-14-27)37-34(43)30-21-39(31-15-12-25(35)19-28(30)31)22-33(42)38-17-7-9-24(5-2)16-18-38/h5,12,15,19-21,26-27H,4,6-11,13-14,16-18,22H2,1-3H3,(H,37,43). The molecule has 2 atom stereocenters. The zero-order chi connectivity index (χ0) is 30.5.